The summed E-state index contributed by atoms with van der Waals surface area (Å²) in [5.41, 5.74) is 1.99. The van der Waals surface area contributed by atoms with Crippen molar-refractivity contribution in [1.29, 1.82) is 0 Å². The molecule has 1 N–H and O–H groups in total. The number of aliphatic hydroxyl groups excluding tert-OH is 1. The Bertz CT molecular complexity index is 607. The molecule has 0 aliphatic heterocycles. The van der Waals surface area contributed by atoms with Crippen LogP contribution in [0.5, 0.6) is 11.5 Å². The molecular formula is C15H13F3O3. The number of aliphatic hydroxyl groups is 1. The zero-order chi connectivity index (χ0) is 15.5. The number of halogens is 3. The first-order valence-electron chi connectivity index (χ1n) is 6.07. The highest BCUT2D eigenvalue weighted by Crippen LogP contribution is 2.35. The molecule has 2 aromatic rings. The Morgan fingerprint density at radius 3 is 2.10 bits per heavy atom. The van der Waals surface area contributed by atoms with E-state index in [9.17, 15) is 13.2 Å². The van der Waals surface area contributed by atoms with Crippen LogP contribution in [0.25, 0.3) is 11.1 Å². The first-order chi connectivity index (χ1) is 9.93. The number of methoxy groups -OCH3 is 1. The first kappa shape index (κ1) is 15.2. The quantitative estimate of drug-likeness (QED) is 0.934. The fraction of sp³-hybridized carbons (Fsp3) is 0.200. The lowest BCUT2D eigenvalue weighted by molar-refractivity contribution is -0.275. The second-order valence-corrected chi connectivity index (χ2v) is 4.27. The van der Waals surface area contributed by atoms with Gasteiger partial charge in [0.25, 0.3) is 0 Å². The van der Waals surface area contributed by atoms with E-state index >= 15 is 0 Å². The Balaban J connectivity index is 2.38. The third-order valence-corrected chi connectivity index (χ3v) is 2.86. The Morgan fingerprint density at radius 1 is 0.952 bits per heavy atom. The molecule has 0 fully saturated rings. The van der Waals surface area contributed by atoms with Crippen molar-refractivity contribution in [3.8, 4) is 22.6 Å². The molecule has 0 unspecified atom stereocenters. The van der Waals surface area contributed by atoms with Crippen LogP contribution in [0, 0.1) is 0 Å². The van der Waals surface area contributed by atoms with Crippen LogP contribution in [0.1, 0.15) is 5.56 Å². The number of alkyl halides is 3. The van der Waals surface area contributed by atoms with E-state index in [2.05, 4.69) is 4.74 Å². The molecule has 0 aromatic heterocycles. The van der Waals surface area contributed by atoms with Gasteiger partial charge in [-0.05, 0) is 28.8 Å². The van der Waals surface area contributed by atoms with Crippen molar-refractivity contribution in [2.45, 2.75) is 13.0 Å². The van der Waals surface area contributed by atoms with Gasteiger partial charge in [0.1, 0.15) is 0 Å². The lowest BCUT2D eigenvalue weighted by Crippen LogP contribution is -2.17. The molecule has 0 aliphatic carbocycles. The summed E-state index contributed by atoms with van der Waals surface area (Å²) in [7, 11) is 1.27. The van der Waals surface area contributed by atoms with Gasteiger partial charge in [0.15, 0.2) is 11.5 Å². The van der Waals surface area contributed by atoms with Crippen LogP contribution in [0.3, 0.4) is 0 Å². The SMILES string of the molecule is COc1ccc(-c2ccc(CO)cc2)cc1OC(F)(F)F. The van der Waals surface area contributed by atoms with Crippen LogP contribution in [-0.4, -0.2) is 18.6 Å². The Morgan fingerprint density at radius 2 is 1.57 bits per heavy atom. The molecule has 0 bridgehead atoms. The predicted octanol–water partition coefficient (Wildman–Crippen LogP) is 3.75. The average molecular weight is 298 g/mol. The van der Waals surface area contributed by atoms with Crippen LogP contribution in [0.15, 0.2) is 42.5 Å². The Kier molecular flexibility index (Phi) is 4.37. The third kappa shape index (κ3) is 3.88. The van der Waals surface area contributed by atoms with E-state index < -0.39 is 12.1 Å². The highest BCUT2D eigenvalue weighted by Gasteiger charge is 2.32. The van der Waals surface area contributed by atoms with E-state index in [1.807, 2.05) is 0 Å². The van der Waals surface area contributed by atoms with Crippen molar-refractivity contribution in [1.82, 2.24) is 0 Å². The smallest absolute Gasteiger partial charge is 0.493 e. The summed E-state index contributed by atoms with van der Waals surface area (Å²) in [5.74, 6) is -0.392. The minimum absolute atomic E-state index is 0.00283. The standard InChI is InChI=1S/C15H13F3O3/c1-20-13-7-6-12(8-14(13)21-15(16,17)18)11-4-2-10(9-19)3-5-11/h2-8,19H,9H2,1H3. The van der Waals surface area contributed by atoms with Gasteiger partial charge in [0.05, 0.1) is 13.7 Å². The van der Waals surface area contributed by atoms with Gasteiger partial charge in [-0.2, -0.15) is 0 Å². The summed E-state index contributed by atoms with van der Waals surface area (Å²) in [6, 6.07) is 11.1. The van der Waals surface area contributed by atoms with Gasteiger partial charge in [-0.15, -0.1) is 13.2 Å². The highest BCUT2D eigenvalue weighted by atomic mass is 19.4. The maximum atomic E-state index is 12.4. The molecule has 112 valence electrons. The summed E-state index contributed by atoms with van der Waals surface area (Å²) in [6.45, 7) is -0.0919. The third-order valence-electron chi connectivity index (χ3n) is 2.86. The van der Waals surface area contributed by atoms with E-state index in [0.29, 0.717) is 11.1 Å². The lowest BCUT2D eigenvalue weighted by Gasteiger charge is -2.14. The van der Waals surface area contributed by atoms with Gasteiger partial charge in [-0.1, -0.05) is 30.3 Å². The maximum absolute atomic E-state index is 12.4. The van der Waals surface area contributed by atoms with Gasteiger partial charge in [0.2, 0.25) is 0 Å². The zero-order valence-corrected chi connectivity index (χ0v) is 11.1. The van der Waals surface area contributed by atoms with Crippen LogP contribution >= 0.6 is 0 Å². The Hall–Kier alpha value is -2.21. The molecule has 2 aromatic carbocycles. The molecule has 0 amide bonds. The van der Waals surface area contributed by atoms with Crippen molar-refractivity contribution >= 4 is 0 Å². The van der Waals surface area contributed by atoms with Gasteiger partial charge >= 0.3 is 6.36 Å². The largest absolute Gasteiger partial charge is 0.573 e. The fourth-order valence-electron chi connectivity index (χ4n) is 1.86. The number of rotatable bonds is 4. The van der Waals surface area contributed by atoms with E-state index in [0.717, 1.165) is 5.56 Å². The second-order valence-electron chi connectivity index (χ2n) is 4.27. The topological polar surface area (TPSA) is 38.7 Å². The second kappa shape index (κ2) is 6.05. The molecule has 0 radical (unpaired) electrons. The molecule has 0 atom stereocenters. The predicted molar refractivity (Wildman–Crippen MR) is 71.0 cm³/mol. The van der Waals surface area contributed by atoms with Crippen molar-refractivity contribution in [2.75, 3.05) is 7.11 Å². The van der Waals surface area contributed by atoms with Gasteiger partial charge < -0.3 is 14.6 Å². The van der Waals surface area contributed by atoms with E-state index in [1.165, 1.54) is 19.2 Å². The minimum Gasteiger partial charge on any atom is -0.493 e. The average Bonchev–Trinajstić information content (AvgIpc) is 2.45. The normalized spacial score (nSPS) is 11.3. The highest BCUT2D eigenvalue weighted by molar-refractivity contribution is 5.67. The minimum atomic E-state index is -4.79. The molecule has 6 heteroatoms. The van der Waals surface area contributed by atoms with Crippen molar-refractivity contribution < 1.29 is 27.8 Å². The number of ether oxygens (including phenoxy) is 2. The fourth-order valence-corrected chi connectivity index (χ4v) is 1.86. The lowest BCUT2D eigenvalue weighted by atomic mass is 10.0. The number of benzene rings is 2. The molecule has 0 saturated heterocycles. The zero-order valence-electron chi connectivity index (χ0n) is 11.1. The van der Waals surface area contributed by atoms with Crippen molar-refractivity contribution in [2.24, 2.45) is 0 Å². The van der Waals surface area contributed by atoms with E-state index in [4.69, 9.17) is 9.84 Å². The molecule has 0 saturated carbocycles. The molecule has 21 heavy (non-hydrogen) atoms. The molecule has 0 aliphatic rings. The van der Waals surface area contributed by atoms with E-state index in [-0.39, 0.29) is 12.4 Å². The maximum Gasteiger partial charge on any atom is 0.573 e. The first-order valence-corrected chi connectivity index (χ1v) is 6.07. The van der Waals surface area contributed by atoms with Crippen LogP contribution in [0.2, 0.25) is 0 Å². The summed E-state index contributed by atoms with van der Waals surface area (Å²) < 4.78 is 46.0. The molecule has 0 spiro atoms. The van der Waals surface area contributed by atoms with Gasteiger partial charge in [-0.3, -0.25) is 0 Å². The van der Waals surface area contributed by atoms with E-state index in [1.54, 1.807) is 30.3 Å². The monoisotopic (exact) mass is 298 g/mol. The Labute approximate surface area is 119 Å². The van der Waals surface area contributed by atoms with Crippen molar-refractivity contribution in [3.05, 3.63) is 48.0 Å². The summed E-state index contributed by atoms with van der Waals surface area (Å²) >= 11 is 0. The summed E-state index contributed by atoms with van der Waals surface area (Å²) in [4.78, 5) is 0. The number of hydrogen-bond acceptors (Lipinski definition) is 3. The van der Waals surface area contributed by atoms with Crippen LogP contribution < -0.4 is 9.47 Å². The molecule has 2 rings (SSSR count). The summed E-state index contributed by atoms with van der Waals surface area (Å²) in [6.07, 6.45) is -4.79. The van der Waals surface area contributed by atoms with Gasteiger partial charge in [0, 0.05) is 0 Å². The number of hydrogen-bond donors (Lipinski definition) is 1. The molecular weight excluding hydrogens is 285 g/mol. The molecule has 0 heterocycles. The summed E-state index contributed by atoms with van der Waals surface area (Å²) in [5, 5.41) is 8.98. The van der Waals surface area contributed by atoms with Crippen LogP contribution in [-0.2, 0) is 6.61 Å². The van der Waals surface area contributed by atoms with Crippen LogP contribution in [0.4, 0.5) is 13.2 Å². The molecule has 3 nitrogen and oxygen atoms in total. The van der Waals surface area contributed by atoms with Crippen molar-refractivity contribution in [3.63, 3.8) is 0 Å². The van der Waals surface area contributed by atoms with Gasteiger partial charge in [-0.25, -0.2) is 0 Å².